The highest BCUT2D eigenvalue weighted by molar-refractivity contribution is 5.83. The second-order valence-corrected chi connectivity index (χ2v) is 6.86. The lowest BCUT2D eigenvalue weighted by Gasteiger charge is -2.13. The van der Waals surface area contributed by atoms with E-state index in [1.165, 1.54) is 16.5 Å². The van der Waals surface area contributed by atoms with Gasteiger partial charge in [-0.3, -0.25) is 4.99 Å². The molecule has 1 aromatic carbocycles. The van der Waals surface area contributed by atoms with Gasteiger partial charge >= 0.3 is 0 Å². The van der Waals surface area contributed by atoms with Crippen molar-refractivity contribution in [3.8, 4) is 0 Å². The van der Waals surface area contributed by atoms with Gasteiger partial charge in [-0.1, -0.05) is 18.2 Å². The first-order chi connectivity index (χ1) is 13.4. The van der Waals surface area contributed by atoms with E-state index in [4.69, 9.17) is 14.5 Å². The maximum atomic E-state index is 5.79. The van der Waals surface area contributed by atoms with Crippen molar-refractivity contribution in [1.29, 1.82) is 0 Å². The molecule has 1 fully saturated rings. The van der Waals surface area contributed by atoms with Gasteiger partial charge in [0.05, 0.1) is 12.7 Å². The maximum absolute atomic E-state index is 5.79. The molecule has 2 heterocycles. The molecule has 1 atom stereocenters. The van der Waals surface area contributed by atoms with E-state index in [1.807, 2.05) is 0 Å². The molecule has 1 saturated heterocycles. The summed E-state index contributed by atoms with van der Waals surface area (Å²) in [6, 6.07) is 8.45. The number of nitrogens with one attached hydrogen (secondary N) is 3. The van der Waals surface area contributed by atoms with Crippen molar-refractivity contribution in [3.05, 3.63) is 36.0 Å². The minimum atomic E-state index is 0.288. The second-order valence-electron chi connectivity index (χ2n) is 6.86. The number of hydrogen-bond donors (Lipinski definition) is 3. The van der Waals surface area contributed by atoms with E-state index in [2.05, 4.69) is 53.0 Å². The van der Waals surface area contributed by atoms with E-state index in [0.29, 0.717) is 0 Å². The van der Waals surface area contributed by atoms with Crippen LogP contribution < -0.4 is 10.6 Å². The zero-order valence-corrected chi connectivity index (χ0v) is 16.3. The minimum Gasteiger partial charge on any atom is -0.379 e. The number of fused-ring (bicyclic) bond motifs is 1. The highest BCUT2D eigenvalue weighted by Crippen LogP contribution is 2.18. The third kappa shape index (κ3) is 6.26. The molecular weight excluding hydrogens is 340 g/mol. The van der Waals surface area contributed by atoms with E-state index < -0.39 is 0 Å². The van der Waals surface area contributed by atoms with Crippen LogP contribution in [-0.4, -0.2) is 56.5 Å². The van der Waals surface area contributed by atoms with Crippen molar-refractivity contribution in [2.75, 3.05) is 39.5 Å². The number of benzene rings is 1. The molecule has 0 amide bonds. The van der Waals surface area contributed by atoms with Gasteiger partial charge in [0.25, 0.3) is 0 Å². The lowest BCUT2D eigenvalue weighted by Crippen LogP contribution is -2.38. The quantitative estimate of drug-likeness (QED) is 0.341. The Morgan fingerprint density at radius 2 is 2.22 bits per heavy atom. The summed E-state index contributed by atoms with van der Waals surface area (Å²) in [4.78, 5) is 8.03. The first-order valence-electron chi connectivity index (χ1n) is 10.1. The predicted octanol–water partition coefficient (Wildman–Crippen LogP) is 2.85. The van der Waals surface area contributed by atoms with Crippen molar-refractivity contribution >= 4 is 16.9 Å². The highest BCUT2D eigenvalue weighted by atomic mass is 16.5. The summed E-state index contributed by atoms with van der Waals surface area (Å²) in [6.07, 6.45) is 6.46. The lowest BCUT2D eigenvalue weighted by atomic mass is 10.1. The molecule has 2 aromatic rings. The Bertz CT molecular complexity index is 707. The Morgan fingerprint density at radius 1 is 1.30 bits per heavy atom. The molecular formula is C21H32N4O2. The van der Waals surface area contributed by atoms with Gasteiger partial charge in [0.1, 0.15) is 0 Å². The third-order valence-electron chi connectivity index (χ3n) is 4.75. The fourth-order valence-corrected chi connectivity index (χ4v) is 3.31. The Kier molecular flexibility index (Phi) is 7.99. The number of nitrogens with zero attached hydrogens (tertiary/aromatic N) is 1. The Labute approximate surface area is 161 Å². The molecule has 27 heavy (non-hydrogen) atoms. The zero-order valence-electron chi connectivity index (χ0n) is 16.3. The van der Waals surface area contributed by atoms with Crippen molar-refractivity contribution in [3.63, 3.8) is 0 Å². The molecule has 148 valence electrons. The van der Waals surface area contributed by atoms with Gasteiger partial charge in [-0.25, -0.2) is 0 Å². The van der Waals surface area contributed by atoms with Gasteiger partial charge in [0.2, 0.25) is 0 Å². The second kappa shape index (κ2) is 10.9. The molecule has 3 N–H and O–H groups in total. The van der Waals surface area contributed by atoms with Crippen LogP contribution in [0.5, 0.6) is 0 Å². The van der Waals surface area contributed by atoms with Gasteiger partial charge in [-0.05, 0) is 44.2 Å². The molecule has 0 aliphatic carbocycles. The summed E-state index contributed by atoms with van der Waals surface area (Å²) in [7, 11) is 0. The molecule has 0 saturated carbocycles. The number of para-hydroxylation sites is 1. The fraction of sp³-hybridized carbons (Fsp3) is 0.571. The maximum Gasteiger partial charge on any atom is 0.191 e. The molecule has 1 aromatic heterocycles. The monoisotopic (exact) mass is 372 g/mol. The van der Waals surface area contributed by atoms with Gasteiger partial charge in [-0.15, -0.1) is 0 Å². The molecule has 0 spiro atoms. The van der Waals surface area contributed by atoms with Crippen LogP contribution in [-0.2, 0) is 15.9 Å². The fourth-order valence-electron chi connectivity index (χ4n) is 3.31. The van der Waals surface area contributed by atoms with E-state index in [-0.39, 0.29) is 6.10 Å². The number of ether oxygens (including phenoxy) is 2. The van der Waals surface area contributed by atoms with Crippen LogP contribution in [0.2, 0.25) is 0 Å². The molecule has 1 unspecified atom stereocenters. The van der Waals surface area contributed by atoms with Crippen LogP contribution in [0.1, 0.15) is 31.7 Å². The number of hydrogen-bond acceptors (Lipinski definition) is 3. The van der Waals surface area contributed by atoms with Crippen LogP contribution in [0.3, 0.4) is 0 Å². The number of rotatable bonds is 10. The lowest BCUT2D eigenvalue weighted by molar-refractivity contribution is 0.0420. The summed E-state index contributed by atoms with van der Waals surface area (Å²) < 4.78 is 11.1. The number of guanidine groups is 1. The summed E-state index contributed by atoms with van der Waals surface area (Å²) in [6.45, 7) is 6.97. The first kappa shape index (κ1) is 19.7. The topological polar surface area (TPSA) is 70.7 Å². The van der Waals surface area contributed by atoms with Crippen LogP contribution in [0.25, 0.3) is 10.9 Å². The van der Waals surface area contributed by atoms with Gasteiger partial charge in [0, 0.05) is 49.9 Å². The summed E-state index contributed by atoms with van der Waals surface area (Å²) in [5.74, 6) is 0.889. The van der Waals surface area contributed by atoms with Gasteiger partial charge in [0.15, 0.2) is 5.96 Å². The predicted molar refractivity (Wildman–Crippen MR) is 110 cm³/mol. The van der Waals surface area contributed by atoms with E-state index in [9.17, 15) is 0 Å². The molecule has 0 bridgehead atoms. The van der Waals surface area contributed by atoms with Gasteiger partial charge < -0.3 is 25.1 Å². The molecule has 3 rings (SSSR count). The number of aromatic nitrogens is 1. The normalized spacial score (nSPS) is 17.5. The first-order valence-corrected chi connectivity index (χ1v) is 10.1. The van der Waals surface area contributed by atoms with E-state index >= 15 is 0 Å². The largest absolute Gasteiger partial charge is 0.379 e. The number of aromatic amines is 1. The zero-order chi connectivity index (χ0) is 18.7. The number of aliphatic imine (C=N–C) groups is 1. The van der Waals surface area contributed by atoms with Crippen molar-refractivity contribution in [2.24, 2.45) is 4.99 Å². The van der Waals surface area contributed by atoms with Crippen LogP contribution in [0.4, 0.5) is 0 Å². The summed E-state index contributed by atoms with van der Waals surface area (Å²) >= 11 is 0. The van der Waals surface area contributed by atoms with E-state index in [1.54, 1.807) is 0 Å². The average molecular weight is 373 g/mol. The molecule has 1 aliphatic heterocycles. The van der Waals surface area contributed by atoms with Crippen LogP contribution in [0.15, 0.2) is 35.5 Å². The number of aryl methyl sites for hydroxylation is 1. The molecule has 6 heteroatoms. The van der Waals surface area contributed by atoms with E-state index in [0.717, 1.165) is 71.1 Å². The standard InChI is InChI=1S/C21H32N4O2/c1-2-22-21(24-12-6-13-27-18-10-14-26-16-18)23-11-5-7-17-15-25-20-9-4-3-8-19(17)20/h3-4,8-9,15,18,25H,2,5-7,10-14,16H2,1H3,(H2,22,23,24). The Morgan fingerprint density at radius 3 is 3.07 bits per heavy atom. The van der Waals surface area contributed by atoms with Gasteiger partial charge in [-0.2, -0.15) is 0 Å². The third-order valence-corrected chi connectivity index (χ3v) is 4.75. The smallest absolute Gasteiger partial charge is 0.191 e. The van der Waals surface area contributed by atoms with Crippen molar-refractivity contribution in [1.82, 2.24) is 15.6 Å². The number of H-pyrrole nitrogens is 1. The van der Waals surface area contributed by atoms with Crippen LogP contribution in [0, 0.1) is 0 Å². The average Bonchev–Trinajstić information content (AvgIpc) is 3.35. The molecule has 0 radical (unpaired) electrons. The SMILES string of the molecule is CCNC(=NCCCc1c[nH]c2ccccc12)NCCCOC1CCOC1. The van der Waals surface area contributed by atoms with Crippen molar-refractivity contribution < 1.29 is 9.47 Å². The van der Waals surface area contributed by atoms with Crippen molar-refractivity contribution in [2.45, 2.75) is 38.7 Å². The molecule has 6 nitrogen and oxygen atoms in total. The summed E-state index contributed by atoms with van der Waals surface area (Å²) in [5.41, 5.74) is 2.57. The Balaban J connectivity index is 1.35. The molecule has 1 aliphatic rings. The minimum absolute atomic E-state index is 0.288. The highest BCUT2D eigenvalue weighted by Gasteiger charge is 2.15. The Hall–Kier alpha value is -2.05. The van der Waals surface area contributed by atoms with Crippen LogP contribution >= 0.6 is 0 Å². The summed E-state index contributed by atoms with van der Waals surface area (Å²) in [5, 5.41) is 8.02.